The molecule has 0 aliphatic rings. The number of amides is 1. The van der Waals surface area contributed by atoms with Crippen LogP contribution < -0.4 is 11.3 Å². The molecule has 0 aliphatic carbocycles. The van der Waals surface area contributed by atoms with Crippen LogP contribution in [0.25, 0.3) is 10.9 Å². The first-order valence-corrected chi connectivity index (χ1v) is 10.4. The molecule has 2 aromatic rings. The number of rotatable bonds is 10. The van der Waals surface area contributed by atoms with E-state index in [-0.39, 0.29) is 17.5 Å². The molecule has 6 nitrogen and oxygen atoms in total. The molecule has 0 saturated heterocycles. The van der Waals surface area contributed by atoms with Crippen LogP contribution in [0.3, 0.4) is 0 Å². The fraction of sp³-hybridized carbons (Fsp3) is 0.571. The lowest BCUT2D eigenvalue weighted by Crippen LogP contribution is -2.37. The molecular weight excluding hydrogens is 376 g/mol. The summed E-state index contributed by atoms with van der Waals surface area (Å²) >= 11 is 6.08. The van der Waals surface area contributed by atoms with Gasteiger partial charge in [0.05, 0.1) is 16.9 Å². The molecule has 1 atom stereocenters. The predicted octanol–water partition coefficient (Wildman–Crippen LogP) is 3.80. The van der Waals surface area contributed by atoms with Crippen LogP contribution in [0.2, 0.25) is 5.02 Å². The molecule has 0 radical (unpaired) electrons. The molecular formula is C21H31ClN4O2. The fourth-order valence-corrected chi connectivity index (χ4v) is 3.61. The van der Waals surface area contributed by atoms with Crippen LogP contribution in [0.15, 0.2) is 23.0 Å². The van der Waals surface area contributed by atoms with E-state index in [0.29, 0.717) is 41.3 Å². The van der Waals surface area contributed by atoms with Gasteiger partial charge in [0, 0.05) is 25.0 Å². The Kier molecular flexibility index (Phi) is 8.45. The third-order valence-electron chi connectivity index (χ3n) is 5.05. The van der Waals surface area contributed by atoms with E-state index < -0.39 is 0 Å². The van der Waals surface area contributed by atoms with Crippen LogP contribution in [0.4, 0.5) is 0 Å². The predicted molar refractivity (Wildman–Crippen MR) is 115 cm³/mol. The van der Waals surface area contributed by atoms with Crippen molar-refractivity contribution in [3.8, 4) is 0 Å². The van der Waals surface area contributed by atoms with E-state index in [0.717, 1.165) is 32.1 Å². The monoisotopic (exact) mass is 406 g/mol. The van der Waals surface area contributed by atoms with E-state index in [9.17, 15) is 9.59 Å². The van der Waals surface area contributed by atoms with E-state index in [1.807, 2.05) is 18.7 Å². The highest BCUT2D eigenvalue weighted by molar-refractivity contribution is 6.31. The van der Waals surface area contributed by atoms with Crippen LogP contribution >= 0.6 is 11.6 Å². The van der Waals surface area contributed by atoms with E-state index in [1.54, 1.807) is 29.8 Å². The average Bonchev–Trinajstić information content (AvgIpc) is 2.67. The number of halogens is 1. The van der Waals surface area contributed by atoms with Gasteiger partial charge in [-0.15, -0.1) is 0 Å². The van der Waals surface area contributed by atoms with Crippen molar-refractivity contribution in [2.24, 2.45) is 12.8 Å². The normalized spacial score (nSPS) is 12.3. The summed E-state index contributed by atoms with van der Waals surface area (Å²) in [6.45, 7) is 5.27. The van der Waals surface area contributed by atoms with Crippen molar-refractivity contribution in [1.29, 1.82) is 0 Å². The molecule has 2 N–H and O–H groups in total. The van der Waals surface area contributed by atoms with Crippen molar-refractivity contribution in [3.05, 3.63) is 39.4 Å². The zero-order chi connectivity index (χ0) is 20.7. The van der Waals surface area contributed by atoms with Crippen molar-refractivity contribution in [1.82, 2.24) is 14.5 Å². The maximum absolute atomic E-state index is 12.8. The van der Waals surface area contributed by atoms with Gasteiger partial charge in [-0.05, 0) is 50.9 Å². The second-order valence-electron chi connectivity index (χ2n) is 7.21. The average molecular weight is 407 g/mol. The molecule has 7 heteroatoms. The van der Waals surface area contributed by atoms with E-state index >= 15 is 0 Å². The number of unbranched alkanes of at least 4 members (excludes halogenated alkanes) is 3. The number of hydrogen-bond donors (Lipinski definition) is 1. The van der Waals surface area contributed by atoms with Crippen LogP contribution in [-0.4, -0.2) is 33.4 Å². The summed E-state index contributed by atoms with van der Waals surface area (Å²) in [6.07, 6.45) is 5.27. The van der Waals surface area contributed by atoms with Gasteiger partial charge < -0.3 is 10.6 Å². The minimum Gasteiger partial charge on any atom is -0.333 e. The Morgan fingerprint density at radius 2 is 2.00 bits per heavy atom. The SMILES string of the molecule is CCCC(=O)N(CCCCCCN)[C@H](C)c1nc2cc(Cl)ccc2c(=O)n1C. The zero-order valence-electron chi connectivity index (χ0n) is 17.1. The van der Waals surface area contributed by atoms with E-state index in [2.05, 4.69) is 4.98 Å². The molecule has 0 spiro atoms. The lowest BCUT2D eigenvalue weighted by molar-refractivity contribution is -0.133. The lowest BCUT2D eigenvalue weighted by atomic mass is 10.1. The summed E-state index contributed by atoms with van der Waals surface area (Å²) in [6, 6.07) is 4.78. The third kappa shape index (κ3) is 5.32. The Hall–Kier alpha value is -1.92. The maximum atomic E-state index is 12.8. The van der Waals surface area contributed by atoms with Gasteiger partial charge in [0.1, 0.15) is 5.82 Å². The molecule has 1 amide bonds. The summed E-state index contributed by atoms with van der Waals surface area (Å²) in [7, 11) is 1.71. The summed E-state index contributed by atoms with van der Waals surface area (Å²) in [5, 5.41) is 1.06. The molecule has 2 rings (SSSR count). The van der Waals surface area contributed by atoms with Gasteiger partial charge >= 0.3 is 0 Å². The first-order valence-electron chi connectivity index (χ1n) is 10.1. The largest absolute Gasteiger partial charge is 0.333 e. The summed E-state index contributed by atoms with van der Waals surface area (Å²) in [5.74, 6) is 0.667. The highest BCUT2D eigenvalue weighted by Gasteiger charge is 2.24. The molecule has 1 aromatic heterocycles. The summed E-state index contributed by atoms with van der Waals surface area (Å²) in [4.78, 5) is 32.1. The molecule has 28 heavy (non-hydrogen) atoms. The number of carbonyl (C=O) groups excluding carboxylic acids is 1. The second kappa shape index (κ2) is 10.6. The van der Waals surface area contributed by atoms with Gasteiger partial charge in [0.15, 0.2) is 0 Å². The Labute approximate surface area is 171 Å². The second-order valence-corrected chi connectivity index (χ2v) is 7.65. The van der Waals surface area contributed by atoms with Gasteiger partial charge in [-0.3, -0.25) is 14.2 Å². The number of fused-ring (bicyclic) bond motifs is 1. The van der Waals surface area contributed by atoms with Gasteiger partial charge in [-0.25, -0.2) is 4.98 Å². The van der Waals surface area contributed by atoms with E-state index in [4.69, 9.17) is 17.3 Å². The number of benzene rings is 1. The van der Waals surface area contributed by atoms with Crippen LogP contribution in [0.5, 0.6) is 0 Å². The lowest BCUT2D eigenvalue weighted by Gasteiger charge is -2.30. The highest BCUT2D eigenvalue weighted by atomic mass is 35.5. The standard InChI is InChI=1S/C21H31ClN4O2/c1-4-9-19(27)26(13-8-6-5-7-12-23)15(2)20-24-18-14-16(22)10-11-17(18)21(28)25(20)3/h10-11,14-15H,4-9,12-13,23H2,1-3H3/t15-/m1/s1. The van der Waals surface area contributed by atoms with Crippen molar-refractivity contribution in [2.45, 2.75) is 58.4 Å². The van der Waals surface area contributed by atoms with Crippen molar-refractivity contribution < 1.29 is 4.79 Å². The van der Waals surface area contributed by atoms with Gasteiger partial charge in [0.2, 0.25) is 5.91 Å². The maximum Gasteiger partial charge on any atom is 0.261 e. The molecule has 1 aromatic carbocycles. The minimum absolute atomic E-state index is 0.0919. The highest BCUT2D eigenvalue weighted by Crippen LogP contribution is 2.23. The fourth-order valence-electron chi connectivity index (χ4n) is 3.45. The number of carbonyl (C=O) groups is 1. The zero-order valence-corrected chi connectivity index (χ0v) is 17.8. The Morgan fingerprint density at radius 1 is 1.29 bits per heavy atom. The first kappa shape index (κ1) is 22.4. The Bertz CT molecular complexity index is 865. The van der Waals surface area contributed by atoms with Crippen molar-refractivity contribution in [2.75, 3.05) is 13.1 Å². The quantitative estimate of drug-likeness (QED) is 0.608. The molecule has 0 bridgehead atoms. The van der Waals surface area contributed by atoms with Crippen molar-refractivity contribution >= 4 is 28.4 Å². The molecule has 0 aliphatic heterocycles. The van der Waals surface area contributed by atoms with Gasteiger partial charge in [0.25, 0.3) is 5.56 Å². The van der Waals surface area contributed by atoms with Crippen molar-refractivity contribution in [3.63, 3.8) is 0 Å². The molecule has 154 valence electrons. The number of nitrogens with zero attached hydrogens (tertiary/aromatic N) is 3. The topological polar surface area (TPSA) is 81.2 Å². The Balaban J connectivity index is 2.33. The first-order chi connectivity index (χ1) is 13.4. The molecule has 0 fully saturated rings. The number of hydrogen-bond acceptors (Lipinski definition) is 4. The van der Waals surface area contributed by atoms with Gasteiger partial charge in [-0.2, -0.15) is 0 Å². The van der Waals surface area contributed by atoms with Gasteiger partial charge in [-0.1, -0.05) is 31.4 Å². The summed E-state index contributed by atoms with van der Waals surface area (Å²) < 4.78 is 1.54. The van der Waals surface area contributed by atoms with Crippen LogP contribution in [0.1, 0.15) is 64.2 Å². The minimum atomic E-state index is -0.297. The molecule has 0 saturated carbocycles. The summed E-state index contributed by atoms with van der Waals surface area (Å²) in [5.41, 5.74) is 5.98. The van der Waals surface area contributed by atoms with Crippen LogP contribution in [-0.2, 0) is 11.8 Å². The smallest absolute Gasteiger partial charge is 0.261 e. The Morgan fingerprint density at radius 3 is 2.68 bits per heavy atom. The molecule has 0 unspecified atom stereocenters. The number of aromatic nitrogens is 2. The van der Waals surface area contributed by atoms with Crippen LogP contribution in [0, 0.1) is 0 Å². The van der Waals surface area contributed by atoms with E-state index in [1.165, 1.54) is 0 Å². The molecule has 1 heterocycles. The number of nitrogens with two attached hydrogens (primary N) is 1. The third-order valence-corrected chi connectivity index (χ3v) is 5.29.